The molecule has 0 N–H and O–H groups in total. The van der Waals surface area contributed by atoms with E-state index in [1.165, 1.54) is 11.6 Å². The molecule has 0 radical (unpaired) electrons. The molecule has 0 aliphatic heterocycles. The number of rotatable bonds is 7. The highest BCUT2D eigenvalue weighted by Gasteiger charge is 2.20. The molecular formula is C22H24FN3O2. The summed E-state index contributed by atoms with van der Waals surface area (Å²) in [5, 5.41) is 4.42. The second kappa shape index (κ2) is 8.69. The Hall–Kier alpha value is -3.15. The molecule has 0 aliphatic rings. The van der Waals surface area contributed by atoms with Crippen LogP contribution in [0.5, 0.6) is 5.75 Å². The van der Waals surface area contributed by atoms with Gasteiger partial charge in [0.05, 0.1) is 29.7 Å². The topological polar surface area (TPSA) is 47.4 Å². The van der Waals surface area contributed by atoms with Gasteiger partial charge in [0.2, 0.25) is 0 Å². The van der Waals surface area contributed by atoms with Gasteiger partial charge in [-0.15, -0.1) is 0 Å². The third-order valence-corrected chi connectivity index (χ3v) is 4.58. The molecule has 0 aliphatic carbocycles. The average molecular weight is 381 g/mol. The summed E-state index contributed by atoms with van der Waals surface area (Å²) in [5.74, 6) is -0.360. The zero-order chi connectivity index (χ0) is 20.1. The molecule has 0 saturated carbocycles. The minimum atomic E-state index is -0.413. The Morgan fingerprint density at radius 1 is 1.18 bits per heavy atom. The van der Waals surface area contributed by atoms with Crippen LogP contribution in [0.4, 0.5) is 4.39 Å². The molecule has 2 aromatic carbocycles. The van der Waals surface area contributed by atoms with E-state index in [2.05, 4.69) is 5.10 Å². The van der Waals surface area contributed by atoms with Gasteiger partial charge >= 0.3 is 0 Å². The van der Waals surface area contributed by atoms with E-state index < -0.39 is 5.82 Å². The van der Waals surface area contributed by atoms with Crippen molar-refractivity contribution < 1.29 is 13.9 Å². The van der Waals surface area contributed by atoms with E-state index >= 15 is 0 Å². The fourth-order valence-corrected chi connectivity index (χ4v) is 2.96. The van der Waals surface area contributed by atoms with E-state index in [0.29, 0.717) is 18.5 Å². The second-order valence-corrected chi connectivity index (χ2v) is 6.61. The van der Waals surface area contributed by atoms with Crippen LogP contribution in [0.1, 0.15) is 28.5 Å². The van der Waals surface area contributed by atoms with E-state index in [1.54, 1.807) is 41.0 Å². The van der Waals surface area contributed by atoms with E-state index in [9.17, 15) is 9.18 Å². The Bertz CT molecular complexity index is 951. The number of benzene rings is 2. The molecule has 5 nitrogen and oxygen atoms in total. The fourth-order valence-electron chi connectivity index (χ4n) is 2.96. The molecule has 1 aromatic heterocycles. The number of carbonyl (C=O) groups is 1. The lowest BCUT2D eigenvalue weighted by atomic mass is 10.1. The summed E-state index contributed by atoms with van der Waals surface area (Å²) >= 11 is 0. The number of hydrogen-bond acceptors (Lipinski definition) is 3. The zero-order valence-electron chi connectivity index (χ0n) is 16.4. The van der Waals surface area contributed by atoms with Gasteiger partial charge in [0.15, 0.2) is 11.6 Å². The van der Waals surface area contributed by atoms with Gasteiger partial charge in [0.1, 0.15) is 6.61 Å². The number of hydrogen-bond donors (Lipinski definition) is 0. The molecule has 6 heteroatoms. The number of likely N-dealkylation sites (N-methyl/N-ethyl adjacent to an activating group) is 1. The molecule has 3 aromatic rings. The van der Waals surface area contributed by atoms with Crippen LogP contribution in [-0.4, -0.2) is 40.8 Å². The number of carbonyl (C=O) groups excluding carboxylic acids is 1. The number of nitrogens with zero attached hydrogens (tertiary/aromatic N) is 3. The van der Waals surface area contributed by atoms with Crippen molar-refractivity contribution in [3.63, 3.8) is 0 Å². The summed E-state index contributed by atoms with van der Waals surface area (Å²) < 4.78 is 20.9. The standard InChI is InChI=1S/C22H24FN3O2/c1-4-20-18(15-24-26(20)17-11-9-16(2)10-12-17)22(27)25(3)13-14-28-21-8-6-5-7-19(21)23/h5-12,15H,4,13-14H2,1-3H3. The Morgan fingerprint density at radius 3 is 2.57 bits per heavy atom. The van der Waals surface area contributed by atoms with Gasteiger partial charge in [-0.3, -0.25) is 4.79 Å². The number of aromatic nitrogens is 2. The van der Waals surface area contributed by atoms with Gasteiger partial charge in [0, 0.05) is 7.05 Å². The first-order valence-corrected chi connectivity index (χ1v) is 9.28. The smallest absolute Gasteiger partial charge is 0.257 e. The Morgan fingerprint density at radius 2 is 1.89 bits per heavy atom. The van der Waals surface area contributed by atoms with Crippen molar-refractivity contribution in [2.75, 3.05) is 20.2 Å². The summed E-state index contributed by atoms with van der Waals surface area (Å²) in [6.07, 6.45) is 2.28. The second-order valence-electron chi connectivity index (χ2n) is 6.61. The first kappa shape index (κ1) is 19.6. The molecular weight excluding hydrogens is 357 g/mol. The third-order valence-electron chi connectivity index (χ3n) is 4.58. The average Bonchev–Trinajstić information content (AvgIpc) is 3.13. The lowest BCUT2D eigenvalue weighted by Gasteiger charge is -2.18. The van der Waals surface area contributed by atoms with E-state index in [-0.39, 0.29) is 18.3 Å². The maximum absolute atomic E-state index is 13.6. The van der Waals surface area contributed by atoms with Crippen molar-refractivity contribution in [2.24, 2.45) is 0 Å². The highest BCUT2D eigenvalue weighted by Crippen LogP contribution is 2.18. The largest absolute Gasteiger partial charge is 0.489 e. The molecule has 3 rings (SSSR count). The molecule has 0 spiro atoms. The number of para-hydroxylation sites is 1. The first-order chi connectivity index (χ1) is 13.5. The maximum Gasteiger partial charge on any atom is 0.257 e. The number of halogens is 1. The van der Waals surface area contributed by atoms with Crippen LogP contribution in [-0.2, 0) is 6.42 Å². The Balaban J connectivity index is 1.69. The van der Waals surface area contributed by atoms with E-state index in [4.69, 9.17) is 4.74 Å². The summed E-state index contributed by atoms with van der Waals surface area (Å²) in [5.41, 5.74) is 3.51. The fraction of sp³-hybridized carbons (Fsp3) is 0.273. The minimum absolute atomic E-state index is 0.132. The third kappa shape index (κ3) is 4.22. The monoisotopic (exact) mass is 381 g/mol. The predicted octanol–water partition coefficient (Wildman–Crippen LogP) is 4.03. The Kier molecular flexibility index (Phi) is 6.09. The van der Waals surface area contributed by atoms with Gasteiger partial charge in [-0.25, -0.2) is 9.07 Å². The van der Waals surface area contributed by atoms with Crippen LogP contribution in [0.15, 0.2) is 54.7 Å². The quantitative estimate of drug-likeness (QED) is 0.621. The first-order valence-electron chi connectivity index (χ1n) is 9.28. The highest BCUT2D eigenvalue weighted by molar-refractivity contribution is 5.95. The summed E-state index contributed by atoms with van der Waals surface area (Å²) in [4.78, 5) is 14.4. The lowest BCUT2D eigenvalue weighted by molar-refractivity contribution is 0.0772. The van der Waals surface area contributed by atoms with Gasteiger partial charge in [-0.2, -0.15) is 5.10 Å². The van der Waals surface area contributed by atoms with Crippen LogP contribution in [0.2, 0.25) is 0 Å². The lowest BCUT2D eigenvalue weighted by Crippen LogP contribution is -2.31. The van der Waals surface area contributed by atoms with Crippen molar-refractivity contribution in [3.05, 3.63) is 77.4 Å². The minimum Gasteiger partial charge on any atom is -0.489 e. The summed E-state index contributed by atoms with van der Waals surface area (Å²) in [6.45, 7) is 4.57. The number of ether oxygens (including phenoxy) is 1. The van der Waals surface area contributed by atoms with E-state index in [0.717, 1.165) is 11.4 Å². The highest BCUT2D eigenvalue weighted by atomic mass is 19.1. The van der Waals surface area contributed by atoms with Gasteiger partial charge in [-0.05, 0) is 37.6 Å². The van der Waals surface area contributed by atoms with Crippen molar-refractivity contribution in [2.45, 2.75) is 20.3 Å². The number of amides is 1. The van der Waals surface area contributed by atoms with Crippen LogP contribution in [0, 0.1) is 12.7 Å². The molecule has 0 saturated heterocycles. The molecule has 0 unspecified atom stereocenters. The zero-order valence-corrected chi connectivity index (χ0v) is 16.4. The molecule has 0 atom stereocenters. The van der Waals surface area contributed by atoms with Crippen LogP contribution < -0.4 is 4.74 Å². The SMILES string of the molecule is CCc1c(C(=O)N(C)CCOc2ccccc2F)cnn1-c1ccc(C)cc1. The van der Waals surface area contributed by atoms with Gasteiger partial charge in [-0.1, -0.05) is 36.8 Å². The maximum atomic E-state index is 13.6. The number of aryl methyl sites for hydroxylation is 1. The van der Waals surface area contributed by atoms with Gasteiger partial charge in [0.25, 0.3) is 5.91 Å². The van der Waals surface area contributed by atoms with Crippen molar-refractivity contribution in [1.82, 2.24) is 14.7 Å². The molecule has 1 amide bonds. The van der Waals surface area contributed by atoms with Gasteiger partial charge < -0.3 is 9.64 Å². The predicted molar refractivity (Wildman–Crippen MR) is 107 cm³/mol. The summed E-state index contributed by atoms with van der Waals surface area (Å²) in [7, 11) is 1.70. The van der Waals surface area contributed by atoms with Crippen molar-refractivity contribution in [1.29, 1.82) is 0 Å². The summed E-state index contributed by atoms with van der Waals surface area (Å²) in [6, 6.07) is 14.2. The van der Waals surface area contributed by atoms with Crippen LogP contribution >= 0.6 is 0 Å². The molecule has 0 bridgehead atoms. The van der Waals surface area contributed by atoms with Crippen LogP contribution in [0.3, 0.4) is 0 Å². The van der Waals surface area contributed by atoms with Crippen molar-refractivity contribution in [3.8, 4) is 11.4 Å². The van der Waals surface area contributed by atoms with E-state index in [1.807, 2.05) is 38.1 Å². The normalized spacial score (nSPS) is 10.7. The van der Waals surface area contributed by atoms with Crippen LogP contribution in [0.25, 0.3) is 5.69 Å². The molecule has 0 fully saturated rings. The molecule has 1 heterocycles. The molecule has 28 heavy (non-hydrogen) atoms. The Labute approximate surface area is 164 Å². The molecule has 146 valence electrons. The van der Waals surface area contributed by atoms with Crippen molar-refractivity contribution >= 4 is 5.91 Å².